The second-order valence-electron chi connectivity index (χ2n) is 12.1. The Labute approximate surface area is 345 Å². The van der Waals surface area contributed by atoms with Crippen molar-refractivity contribution in [1.29, 1.82) is 15.8 Å². The van der Waals surface area contributed by atoms with E-state index in [1.54, 1.807) is 30.3 Å². The summed E-state index contributed by atoms with van der Waals surface area (Å²) in [7, 11) is 4.46. The lowest BCUT2D eigenvalue weighted by molar-refractivity contribution is -0.138. The molecule has 0 aromatic heterocycles. The maximum absolute atomic E-state index is 10.4. The van der Waals surface area contributed by atoms with Gasteiger partial charge in [0.2, 0.25) is 0 Å². The number of rotatable bonds is 23. The molecule has 0 amide bonds. The summed E-state index contributed by atoms with van der Waals surface area (Å²) >= 11 is 0. The number of carboxylic acid groups (broad SMARTS) is 3. The van der Waals surface area contributed by atoms with Crippen LogP contribution in [0, 0.1) is 34.0 Å². The van der Waals surface area contributed by atoms with Crippen LogP contribution >= 0.6 is 0 Å². The van der Waals surface area contributed by atoms with Gasteiger partial charge in [0.25, 0.3) is 0 Å². The predicted molar refractivity (Wildman–Crippen MR) is 219 cm³/mol. The minimum atomic E-state index is -0.909. The number of nitriles is 3. The molecule has 3 unspecified atom stereocenters. The van der Waals surface area contributed by atoms with Crippen LogP contribution in [0.5, 0.6) is 11.5 Å². The Morgan fingerprint density at radius 3 is 1.68 bits per heavy atom. The number of aliphatic carboxylic acids is 3. The zero-order valence-electron chi connectivity index (χ0n) is 33.4. The first-order chi connectivity index (χ1) is 28.5. The van der Waals surface area contributed by atoms with Crippen LogP contribution in [0.4, 0.5) is 0 Å². The molecule has 0 aliphatic rings. The normalized spacial score (nSPS) is 12.1. The lowest BCUT2D eigenvalue weighted by Gasteiger charge is -2.09. The second kappa shape index (κ2) is 31.3. The SMILES string of the molecule is COC(C#N)/C=C\C/C=C\C/C=C\CCC(=O)O.COC(C#N)c1ccc(-c2ccc(OCCCC(=O)O)cc2)cc1.COC(C#N)c1cccc(OCCC(=O)O)c1. The molecule has 0 saturated carbocycles. The number of carboxylic acids is 3. The van der Waals surface area contributed by atoms with E-state index in [1.807, 2.05) is 91.0 Å². The maximum Gasteiger partial charge on any atom is 0.306 e. The van der Waals surface area contributed by atoms with E-state index in [2.05, 4.69) is 6.07 Å². The second-order valence-corrected chi connectivity index (χ2v) is 12.1. The third-order valence-corrected chi connectivity index (χ3v) is 7.75. The lowest BCUT2D eigenvalue weighted by Crippen LogP contribution is -2.05. The maximum atomic E-state index is 10.4. The smallest absolute Gasteiger partial charge is 0.306 e. The minimum absolute atomic E-state index is 0.0593. The summed E-state index contributed by atoms with van der Waals surface area (Å²) in [6.07, 6.45) is 12.5. The van der Waals surface area contributed by atoms with E-state index >= 15 is 0 Å². The van der Waals surface area contributed by atoms with Gasteiger partial charge in [-0.05, 0) is 78.3 Å². The Bertz CT molecular complexity index is 1910. The van der Waals surface area contributed by atoms with Crippen molar-refractivity contribution in [2.45, 2.75) is 63.3 Å². The quantitative estimate of drug-likeness (QED) is 0.0603. The molecule has 14 heteroatoms. The molecule has 0 spiro atoms. The molecule has 59 heavy (non-hydrogen) atoms. The number of methoxy groups -OCH3 is 3. The van der Waals surface area contributed by atoms with Gasteiger partial charge in [-0.25, -0.2) is 0 Å². The first-order valence-electron chi connectivity index (χ1n) is 18.5. The number of benzene rings is 3. The van der Waals surface area contributed by atoms with Crippen molar-refractivity contribution in [2.75, 3.05) is 34.5 Å². The number of hydrogen-bond donors (Lipinski definition) is 3. The zero-order valence-corrected chi connectivity index (χ0v) is 33.4. The number of allylic oxidation sites excluding steroid dienone is 5. The summed E-state index contributed by atoms with van der Waals surface area (Å²) in [6, 6.07) is 28.2. The Balaban J connectivity index is 0.000000452. The summed E-state index contributed by atoms with van der Waals surface area (Å²) < 4.78 is 25.7. The lowest BCUT2D eigenvalue weighted by atomic mass is 10.0. The van der Waals surface area contributed by atoms with Crippen molar-refractivity contribution in [3.8, 4) is 40.8 Å². The summed E-state index contributed by atoms with van der Waals surface area (Å²) in [6.45, 7) is 0.482. The molecule has 3 aromatic carbocycles. The third kappa shape index (κ3) is 23.2. The fourth-order valence-electron chi connectivity index (χ4n) is 4.70. The molecule has 14 nitrogen and oxygen atoms in total. The largest absolute Gasteiger partial charge is 0.494 e. The van der Waals surface area contributed by atoms with Crippen LogP contribution in [-0.4, -0.2) is 73.9 Å². The Morgan fingerprint density at radius 1 is 0.593 bits per heavy atom. The van der Waals surface area contributed by atoms with Crippen molar-refractivity contribution >= 4 is 17.9 Å². The number of hydrogen-bond acceptors (Lipinski definition) is 11. The van der Waals surface area contributed by atoms with Crippen molar-refractivity contribution in [2.24, 2.45) is 0 Å². The summed E-state index contributed by atoms with van der Waals surface area (Å²) in [4.78, 5) is 31.0. The van der Waals surface area contributed by atoms with Crippen LogP contribution < -0.4 is 9.47 Å². The molecule has 0 bridgehead atoms. The standard InChI is InChI=1S/C19H19NO4.C14H19NO3.C12H13NO4/c1-23-18(13-20)16-6-4-14(5-7-16)15-8-10-17(11-9-15)24-12-2-3-19(21)22;1-18-13(12-15)10-8-6-4-2-3-5-7-9-11-14(16)17;1-16-11(8-13)9-3-2-4-10(7-9)17-6-5-12(14)15/h4-11,18H,2-3,12H2,1H3,(H,21,22);2,4-5,7-8,10,13H,3,6,9,11H2,1H3,(H,16,17);2-4,7,11H,5-6H2,1H3,(H,14,15)/b;4-2-,7-5-,10-8-;. The molecule has 0 fully saturated rings. The van der Waals surface area contributed by atoms with Crippen LogP contribution in [0.25, 0.3) is 11.1 Å². The van der Waals surface area contributed by atoms with Gasteiger partial charge in [-0.2, -0.15) is 15.8 Å². The summed E-state index contributed by atoms with van der Waals surface area (Å²) in [5.74, 6) is -1.26. The van der Waals surface area contributed by atoms with Gasteiger partial charge in [0.05, 0.1) is 37.8 Å². The summed E-state index contributed by atoms with van der Waals surface area (Å²) in [5, 5.41) is 51.9. The van der Waals surface area contributed by atoms with Gasteiger partial charge >= 0.3 is 17.9 Å². The van der Waals surface area contributed by atoms with Gasteiger partial charge in [-0.1, -0.05) is 78.9 Å². The predicted octanol–water partition coefficient (Wildman–Crippen LogP) is 8.40. The first kappa shape index (κ1) is 50.3. The highest BCUT2D eigenvalue weighted by atomic mass is 16.5. The molecule has 3 atom stereocenters. The van der Waals surface area contributed by atoms with Gasteiger partial charge in [0.1, 0.15) is 11.5 Å². The molecule has 3 rings (SSSR count). The van der Waals surface area contributed by atoms with E-state index in [-0.39, 0.29) is 25.9 Å². The highest BCUT2D eigenvalue weighted by Gasteiger charge is 2.10. The third-order valence-electron chi connectivity index (χ3n) is 7.75. The van der Waals surface area contributed by atoms with Crippen molar-refractivity contribution in [1.82, 2.24) is 0 Å². The molecule has 0 aliphatic heterocycles. The Hall–Kier alpha value is -6.76. The van der Waals surface area contributed by atoms with Crippen LogP contribution in [0.3, 0.4) is 0 Å². The van der Waals surface area contributed by atoms with Gasteiger partial charge in [-0.15, -0.1) is 0 Å². The van der Waals surface area contributed by atoms with Crippen LogP contribution in [0.15, 0.2) is 109 Å². The van der Waals surface area contributed by atoms with E-state index < -0.39 is 36.2 Å². The van der Waals surface area contributed by atoms with Crippen LogP contribution in [-0.2, 0) is 28.6 Å². The molecule has 0 saturated heterocycles. The molecular formula is C45H51N3O11. The number of ether oxygens (including phenoxy) is 5. The average molecular weight is 810 g/mol. The zero-order chi connectivity index (χ0) is 43.7. The molecule has 0 heterocycles. The van der Waals surface area contributed by atoms with Crippen molar-refractivity contribution in [3.63, 3.8) is 0 Å². The van der Waals surface area contributed by atoms with E-state index in [4.69, 9.17) is 54.8 Å². The highest BCUT2D eigenvalue weighted by Crippen LogP contribution is 2.25. The fraction of sp³-hybridized carbons (Fsp3) is 0.333. The highest BCUT2D eigenvalue weighted by molar-refractivity contribution is 5.67. The van der Waals surface area contributed by atoms with Gasteiger partial charge in [-0.3, -0.25) is 14.4 Å². The molecular weight excluding hydrogens is 759 g/mol. The van der Waals surface area contributed by atoms with Gasteiger partial charge < -0.3 is 39.0 Å². The minimum Gasteiger partial charge on any atom is -0.494 e. The van der Waals surface area contributed by atoms with Crippen LogP contribution in [0.2, 0.25) is 0 Å². The molecule has 3 N–H and O–H groups in total. The monoisotopic (exact) mass is 809 g/mol. The number of nitrogens with zero attached hydrogens (tertiary/aromatic N) is 3. The topological polar surface area (TPSA) is 229 Å². The first-order valence-corrected chi connectivity index (χ1v) is 18.5. The van der Waals surface area contributed by atoms with Crippen LogP contribution in [0.1, 0.15) is 68.3 Å². The van der Waals surface area contributed by atoms with E-state index in [9.17, 15) is 14.4 Å². The molecule has 312 valence electrons. The molecule has 3 aromatic rings. The molecule has 0 aliphatic carbocycles. The Kier molecular flexibility index (Phi) is 26.7. The fourth-order valence-corrected chi connectivity index (χ4v) is 4.70. The van der Waals surface area contributed by atoms with E-state index in [1.165, 1.54) is 21.3 Å². The van der Waals surface area contributed by atoms with Crippen molar-refractivity contribution in [3.05, 3.63) is 120 Å². The van der Waals surface area contributed by atoms with Gasteiger partial charge in [0.15, 0.2) is 18.3 Å². The van der Waals surface area contributed by atoms with E-state index in [0.717, 1.165) is 29.5 Å². The molecule has 0 radical (unpaired) electrons. The van der Waals surface area contributed by atoms with Gasteiger partial charge in [0, 0.05) is 34.2 Å². The van der Waals surface area contributed by atoms with E-state index in [0.29, 0.717) is 36.5 Å². The summed E-state index contributed by atoms with van der Waals surface area (Å²) in [5.41, 5.74) is 3.57. The Morgan fingerprint density at radius 2 is 1.14 bits per heavy atom. The van der Waals surface area contributed by atoms with Crippen molar-refractivity contribution < 1.29 is 53.4 Å². The average Bonchev–Trinajstić information content (AvgIpc) is 3.23. The number of carbonyl (C=O) groups is 3.